The van der Waals surface area contributed by atoms with Crippen LogP contribution in [0, 0.1) is 0 Å². The predicted octanol–water partition coefficient (Wildman–Crippen LogP) is 4.35. The zero-order valence-corrected chi connectivity index (χ0v) is 9.97. The Morgan fingerprint density at radius 1 is 1.07 bits per heavy atom. The van der Waals surface area contributed by atoms with Gasteiger partial charge >= 0.3 is 0 Å². The minimum Gasteiger partial charge on any atom is -0.304 e. The Morgan fingerprint density at radius 2 is 1.57 bits per heavy atom. The molecule has 0 aromatic carbocycles. The maximum Gasteiger partial charge on any atom is -0.00190 e. The summed E-state index contributed by atoms with van der Waals surface area (Å²) in [6.45, 7) is 15.8. The quantitative estimate of drug-likeness (QED) is 0.578. The highest BCUT2D eigenvalue weighted by Crippen LogP contribution is 1.95. The van der Waals surface area contributed by atoms with Gasteiger partial charge in [-0.05, 0) is 39.4 Å². The van der Waals surface area contributed by atoms with Gasteiger partial charge in [-0.15, -0.1) is 6.58 Å². The lowest BCUT2D eigenvalue weighted by Gasteiger charge is -2.18. The van der Waals surface area contributed by atoms with Crippen molar-refractivity contribution < 1.29 is 0 Å². The molecule has 0 aliphatic heterocycles. The molecule has 0 N–H and O–H groups in total. The van der Waals surface area contributed by atoms with E-state index in [1.165, 1.54) is 38.9 Å². The molecule has 0 bridgehead atoms. The third-order valence-electron chi connectivity index (χ3n) is 1.81. The summed E-state index contributed by atoms with van der Waals surface area (Å²) >= 11 is 0. The summed E-state index contributed by atoms with van der Waals surface area (Å²) in [7, 11) is 0. The number of unbranched alkanes of at least 4 members (excludes halogenated alkanes) is 1. The molecule has 0 spiro atoms. The highest BCUT2D eigenvalue weighted by atomic mass is 15.1. The first-order valence-corrected chi connectivity index (χ1v) is 5.56. The molecule has 0 amide bonds. The van der Waals surface area contributed by atoms with Crippen LogP contribution in [0.3, 0.4) is 0 Å². The molecule has 0 unspecified atom stereocenters. The van der Waals surface area contributed by atoms with Crippen molar-refractivity contribution in [3.8, 4) is 0 Å². The fourth-order valence-electron chi connectivity index (χ4n) is 1.13. The molecule has 0 aromatic rings. The standard InChI is InChI=1S/C9H21N.C3H6.CH4/c1-4-7-9-10(6-3)8-5-2;1-3-2;/h4-9H2,1-3H3;3H,1H2,2H3;1H4. The first kappa shape index (κ1) is 19.3. The highest BCUT2D eigenvalue weighted by molar-refractivity contribution is 4.52. The summed E-state index contributed by atoms with van der Waals surface area (Å²) in [5.41, 5.74) is 0. The molecule has 0 aliphatic carbocycles. The van der Waals surface area contributed by atoms with Crippen molar-refractivity contribution in [2.75, 3.05) is 19.6 Å². The fraction of sp³-hybridized carbons (Fsp3) is 0.846. The maximum atomic E-state index is 3.36. The molecule has 88 valence electrons. The van der Waals surface area contributed by atoms with E-state index >= 15 is 0 Å². The van der Waals surface area contributed by atoms with Crippen LogP contribution in [0.5, 0.6) is 0 Å². The number of hydrogen-bond donors (Lipinski definition) is 0. The molecule has 0 heterocycles. The van der Waals surface area contributed by atoms with Gasteiger partial charge in [0.15, 0.2) is 0 Å². The lowest BCUT2D eigenvalue weighted by atomic mass is 10.3. The van der Waals surface area contributed by atoms with Crippen LogP contribution in [0.1, 0.15) is 54.4 Å². The maximum absolute atomic E-state index is 3.36. The van der Waals surface area contributed by atoms with Gasteiger partial charge in [0.05, 0.1) is 0 Å². The second-order valence-electron chi connectivity index (χ2n) is 3.20. The zero-order valence-electron chi connectivity index (χ0n) is 9.97. The van der Waals surface area contributed by atoms with Crippen molar-refractivity contribution in [1.82, 2.24) is 4.90 Å². The van der Waals surface area contributed by atoms with Gasteiger partial charge in [-0.3, -0.25) is 0 Å². The number of hydrogen-bond acceptors (Lipinski definition) is 1. The molecular formula is C13H31N. The Hall–Kier alpha value is -0.300. The van der Waals surface area contributed by atoms with Crippen LogP contribution in [0.25, 0.3) is 0 Å². The van der Waals surface area contributed by atoms with E-state index < -0.39 is 0 Å². The number of allylic oxidation sites excluding steroid dienone is 1. The van der Waals surface area contributed by atoms with Gasteiger partial charge < -0.3 is 4.90 Å². The molecule has 0 fully saturated rings. The van der Waals surface area contributed by atoms with Crippen molar-refractivity contribution in [3.63, 3.8) is 0 Å². The van der Waals surface area contributed by atoms with Crippen molar-refractivity contribution in [3.05, 3.63) is 12.7 Å². The van der Waals surface area contributed by atoms with Gasteiger partial charge in [0.2, 0.25) is 0 Å². The molecular weight excluding hydrogens is 170 g/mol. The average Bonchev–Trinajstić information content (AvgIpc) is 2.13. The molecule has 1 nitrogen and oxygen atoms in total. The van der Waals surface area contributed by atoms with E-state index in [0.29, 0.717) is 0 Å². The Morgan fingerprint density at radius 3 is 1.86 bits per heavy atom. The molecule has 0 radical (unpaired) electrons. The summed E-state index contributed by atoms with van der Waals surface area (Å²) in [6.07, 6.45) is 5.71. The molecule has 0 aromatic heterocycles. The van der Waals surface area contributed by atoms with Crippen LogP contribution in [-0.4, -0.2) is 24.5 Å². The largest absolute Gasteiger partial charge is 0.304 e. The second-order valence-corrected chi connectivity index (χ2v) is 3.20. The summed E-state index contributed by atoms with van der Waals surface area (Å²) in [4.78, 5) is 2.52. The molecule has 1 heteroatoms. The van der Waals surface area contributed by atoms with Gasteiger partial charge in [-0.2, -0.15) is 0 Å². The predicted molar refractivity (Wildman–Crippen MR) is 69.9 cm³/mol. The fourth-order valence-corrected chi connectivity index (χ4v) is 1.13. The Bertz CT molecular complexity index is 89.2. The van der Waals surface area contributed by atoms with Crippen molar-refractivity contribution in [2.24, 2.45) is 0 Å². The van der Waals surface area contributed by atoms with E-state index in [-0.39, 0.29) is 7.43 Å². The van der Waals surface area contributed by atoms with Crippen LogP contribution >= 0.6 is 0 Å². The van der Waals surface area contributed by atoms with E-state index in [4.69, 9.17) is 0 Å². The van der Waals surface area contributed by atoms with E-state index in [1.807, 2.05) is 6.92 Å². The SMILES string of the molecule is C.C=CC.CCCCN(CC)CCC. The van der Waals surface area contributed by atoms with E-state index in [2.05, 4.69) is 32.3 Å². The van der Waals surface area contributed by atoms with Crippen LogP contribution in [0.15, 0.2) is 12.7 Å². The molecule has 0 saturated carbocycles. The number of rotatable bonds is 6. The lowest BCUT2D eigenvalue weighted by molar-refractivity contribution is 0.284. The number of nitrogens with zero attached hydrogens (tertiary/aromatic N) is 1. The first-order chi connectivity index (χ1) is 6.26. The third kappa shape index (κ3) is 17.7. The molecule has 0 rings (SSSR count). The second kappa shape index (κ2) is 18.5. The van der Waals surface area contributed by atoms with E-state index in [9.17, 15) is 0 Å². The monoisotopic (exact) mass is 201 g/mol. The summed E-state index contributed by atoms with van der Waals surface area (Å²) in [6, 6.07) is 0. The Kier molecular flexibility index (Phi) is 25.5. The van der Waals surface area contributed by atoms with Crippen molar-refractivity contribution in [1.29, 1.82) is 0 Å². The third-order valence-corrected chi connectivity index (χ3v) is 1.81. The zero-order chi connectivity index (χ0) is 10.5. The van der Waals surface area contributed by atoms with Crippen LogP contribution in [-0.2, 0) is 0 Å². The average molecular weight is 201 g/mol. The lowest BCUT2D eigenvalue weighted by Crippen LogP contribution is -2.25. The van der Waals surface area contributed by atoms with Gasteiger partial charge in [-0.25, -0.2) is 0 Å². The van der Waals surface area contributed by atoms with Gasteiger partial charge in [-0.1, -0.05) is 40.7 Å². The minimum absolute atomic E-state index is 0. The van der Waals surface area contributed by atoms with Gasteiger partial charge in [0, 0.05) is 0 Å². The molecule has 0 aliphatic rings. The summed E-state index contributed by atoms with van der Waals surface area (Å²) < 4.78 is 0. The minimum atomic E-state index is 0. The van der Waals surface area contributed by atoms with Gasteiger partial charge in [0.25, 0.3) is 0 Å². The highest BCUT2D eigenvalue weighted by Gasteiger charge is 1.97. The Balaban J connectivity index is -0.000000267. The molecule has 0 atom stereocenters. The van der Waals surface area contributed by atoms with Crippen LogP contribution < -0.4 is 0 Å². The van der Waals surface area contributed by atoms with Crippen molar-refractivity contribution in [2.45, 2.75) is 54.4 Å². The van der Waals surface area contributed by atoms with E-state index in [1.54, 1.807) is 6.08 Å². The normalized spacial score (nSPS) is 8.64. The summed E-state index contributed by atoms with van der Waals surface area (Å²) in [5, 5.41) is 0. The van der Waals surface area contributed by atoms with Crippen molar-refractivity contribution >= 4 is 0 Å². The van der Waals surface area contributed by atoms with Crippen LogP contribution in [0.2, 0.25) is 0 Å². The van der Waals surface area contributed by atoms with Crippen LogP contribution in [0.4, 0.5) is 0 Å². The Labute approximate surface area is 92.2 Å². The topological polar surface area (TPSA) is 3.24 Å². The van der Waals surface area contributed by atoms with Gasteiger partial charge in [0.1, 0.15) is 0 Å². The molecule has 14 heavy (non-hydrogen) atoms. The van der Waals surface area contributed by atoms with E-state index in [0.717, 1.165) is 0 Å². The smallest absolute Gasteiger partial charge is 0.00190 e. The summed E-state index contributed by atoms with van der Waals surface area (Å²) in [5.74, 6) is 0. The first-order valence-electron chi connectivity index (χ1n) is 5.56. The molecule has 0 saturated heterocycles.